The van der Waals surface area contributed by atoms with Crippen LogP contribution in [0, 0.1) is 17.8 Å². The molecule has 0 heterocycles. The van der Waals surface area contributed by atoms with Crippen LogP contribution < -0.4 is 0 Å². The minimum atomic E-state index is -0.876. The highest BCUT2D eigenvalue weighted by atomic mass is 16.5. The van der Waals surface area contributed by atoms with Gasteiger partial charge in [0.25, 0.3) is 0 Å². The summed E-state index contributed by atoms with van der Waals surface area (Å²) in [6, 6.07) is 0. The number of aliphatic hydroxyl groups excluding tert-OH is 2. The summed E-state index contributed by atoms with van der Waals surface area (Å²) in [5.41, 5.74) is 0. The maximum Gasteiger partial charge on any atom is 0.305 e. The molecule has 1 fully saturated rings. The van der Waals surface area contributed by atoms with Crippen molar-refractivity contribution in [2.24, 2.45) is 17.8 Å². The molecule has 0 aromatic carbocycles. The van der Waals surface area contributed by atoms with Gasteiger partial charge in [-0.2, -0.15) is 0 Å². The molecule has 0 spiro atoms. The molecule has 1 unspecified atom stereocenters. The minimum Gasteiger partial charge on any atom is -0.481 e. The molecule has 6 heteroatoms. The topological polar surface area (TPSA) is 104 Å². The standard InChI is InChI=1S/C23H40O6/c1-4-5-8-16(2)13-17(24)11-12-20-19(21(25)15-22(20)26)10-7-6-9-18(29-3)14-23(27)28/h11-12,16-20,22,24,26H,4-10,13-15H2,1-3H3,(H,27,28)/b12-11+/t16-,17+,18?,19+,20+,22+/m0/s1. The first-order chi connectivity index (χ1) is 13.8. The van der Waals surface area contributed by atoms with E-state index in [1.54, 1.807) is 6.08 Å². The Hall–Kier alpha value is -1.24. The number of aliphatic carboxylic acids is 1. The molecule has 29 heavy (non-hydrogen) atoms. The summed E-state index contributed by atoms with van der Waals surface area (Å²) in [5.74, 6) is -0.836. The zero-order valence-electron chi connectivity index (χ0n) is 18.3. The molecule has 0 aliphatic heterocycles. The fourth-order valence-corrected chi connectivity index (χ4v) is 4.24. The first-order valence-corrected chi connectivity index (χ1v) is 11.1. The minimum absolute atomic E-state index is 0.0164. The highest BCUT2D eigenvalue weighted by molar-refractivity contribution is 5.84. The van der Waals surface area contributed by atoms with E-state index in [9.17, 15) is 19.8 Å². The van der Waals surface area contributed by atoms with Gasteiger partial charge in [-0.25, -0.2) is 0 Å². The van der Waals surface area contributed by atoms with Crippen molar-refractivity contribution in [3.63, 3.8) is 0 Å². The summed E-state index contributed by atoms with van der Waals surface area (Å²) < 4.78 is 5.19. The van der Waals surface area contributed by atoms with E-state index in [-0.39, 0.29) is 36.6 Å². The molecular weight excluding hydrogens is 372 g/mol. The van der Waals surface area contributed by atoms with Gasteiger partial charge < -0.3 is 20.1 Å². The summed E-state index contributed by atoms with van der Waals surface area (Å²) in [4.78, 5) is 23.1. The van der Waals surface area contributed by atoms with Gasteiger partial charge in [0.05, 0.1) is 24.7 Å². The summed E-state index contributed by atoms with van der Waals surface area (Å²) >= 11 is 0. The summed E-state index contributed by atoms with van der Waals surface area (Å²) in [5, 5.41) is 29.4. The molecule has 1 rings (SSSR count). The second kappa shape index (κ2) is 13.9. The molecule has 1 saturated carbocycles. The maximum atomic E-state index is 12.3. The van der Waals surface area contributed by atoms with Crippen LogP contribution in [0.3, 0.4) is 0 Å². The second-order valence-corrected chi connectivity index (χ2v) is 8.60. The van der Waals surface area contributed by atoms with Gasteiger partial charge in [-0.05, 0) is 25.2 Å². The fraction of sp³-hybridized carbons (Fsp3) is 0.826. The number of carboxylic acid groups (broad SMARTS) is 1. The molecule has 6 nitrogen and oxygen atoms in total. The number of Topliss-reactive ketones (excluding diaryl/α,β-unsaturated/α-hetero) is 1. The lowest BCUT2D eigenvalue weighted by Gasteiger charge is -2.19. The van der Waals surface area contributed by atoms with E-state index < -0.39 is 18.2 Å². The van der Waals surface area contributed by atoms with Crippen molar-refractivity contribution in [1.82, 2.24) is 0 Å². The van der Waals surface area contributed by atoms with Gasteiger partial charge in [0.15, 0.2) is 0 Å². The van der Waals surface area contributed by atoms with Crippen molar-refractivity contribution in [2.75, 3.05) is 7.11 Å². The van der Waals surface area contributed by atoms with E-state index in [4.69, 9.17) is 9.84 Å². The van der Waals surface area contributed by atoms with Gasteiger partial charge in [-0.15, -0.1) is 0 Å². The third kappa shape index (κ3) is 9.87. The number of carbonyl (C=O) groups excluding carboxylic acids is 1. The van der Waals surface area contributed by atoms with Crippen LogP contribution in [0.5, 0.6) is 0 Å². The van der Waals surface area contributed by atoms with E-state index in [2.05, 4.69) is 13.8 Å². The van der Waals surface area contributed by atoms with E-state index in [0.717, 1.165) is 32.1 Å². The second-order valence-electron chi connectivity index (χ2n) is 8.60. The average Bonchev–Trinajstić information content (AvgIpc) is 2.93. The third-order valence-corrected chi connectivity index (χ3v) is 6.01. The Balaban J connectivity index is 2.50. The number of aliphatic hydroxyl groups is 2. The lowest BCUT2D eigenvalue weighted by Crippen LogP contribution is -2.20. The van der Waals surface area contributed by atoms with Crippen molar-refractivity contribution in [3.05, 3.63) is 12.2 Å². The molecule has 0 saturated heterocycles. The molecule has 1 aliphatic carbocycles. The number of carboxylic acids is 1. The van der Waals surface area contributed by atoms with Crippen LogP contribution >= 0.6 is 0 Å². The van der Waals surface area contributed by atoms with E-state index >= 15 is 0 Å². The molecule has 0 aromatic rings. The molecule has 0 bridgehead atoms. The molecule has 3 N–H and O–H groups in total. The highest BCUT2D eigenvalue weighted by Crippen LogP contribution is 2.34. The van der Waals surface area contributed by atoms with Crippen LogP contribution in [0.1, 0.15) is 78.1 Å². The lowest BCUT2D eigenvalue weighted by atomic mass is 9.88. The van der Waals surface area contributed by atoms with Gasteiger partial charge in [-0.1, -0.05) is 58.1 Å². The zero-order valence-corrected chi connectivity index (χ0v) is 18.3. The predicted octanol–water partition coefficient (Wildman–Crippen LogP) is 3.74. The monoisotopic (exact) mass is 412 g/mol. The lowest BCUT2D eigenvalue weighted by molar-refractivity contribution is -0.139. The first kappa shape index (κ1) is 25.8. The molecule has 6 atom stereocenters. The van der Waals surface area contributed by atoms with Crippen molar-refractivity contribution >= 4 is 11.8 Å². The zero-order chi connectivity index (χ0) is 21.8. The number of unbranched alkanes of at least 4 members (excludes halogenated alkanes) is 2. The highest BCUT2D eigenvalue weighted by Gasteiger charge is 2.39. The maximum absolute atomic E-state index is 12.3. The van der Waals surface area contributed by atoms with Crippen LogP contribution in [0.2, 0.25) is 0 Å². The van der Waals surface area contributed by atoms with E-state index in [1.165, 1.54) is 7.11 Å². The quantitative estimate of drug-likeness (QED) is 0.280. The largest absolute Gasteiger partial charge is 0.481 e. The normalized spacial score (nSPS) is 25.4. The SMILES string of the molecule is CCCC[C@H](C)C[C@H](O)/C=C/[C@H]1[C@H](O)CC(=O)[C@@H]1CCCCC(CC(=O)O)OC. The van der Waals surface area contributed by atoms with Gasteiger partial charge in [0, 0.05) is 25.4 Å². The first-order valence-electron chi connectivity index (χ1n) is 11.1. The number of ketones is 1. The molecule has 0 aromatic heterocycles. The van der Waals surface area contributed by atoms with E-state index in [1.807, 2.05) is 6.08 Å². The Kier molecular flexibility index (Phi) is 12.4. The van der Waals surface area contributed by atoms with Crippen LogP contribution in [-0.2, 0) is 14.3 Å². The summed E-state index contributed by atoms with van der Waals surface area (Å²) in [6.07, 6.45) is 9.14. The van der Waals surface area contributed by atoms with Gasteiger partial charge >= 0.3 is 5.97 Å². The van der Waals surface area contributed by atoms with Crippen LogP contribution in [-0.4, -0.2) is 52.5 Å². The molecule has 1 aliphatic rings. The van der Waals surface area contributed by atoms with Crippen LogP contribution in [0.25, 0.3) is 0 Å². The van der Waals surface area contributed by atoms with Crippen molar-refractivity contribution in [2.45, 2.75) is 96.4 Å². The third-order valence-electron chi connectivity index (χ3n) is 6.01. The Bertz CT molecular complexity index is 517. The van der Waals surface area contributed by atoms with Gasteiger partial charge in [0.1, 0.15) is 5.78 Å². The number of ether oxygens (including phenoxy) is 1. The smallest absolute Gasteiger partial charge is 0.305 e. The number of hydrogen-bond acceptors (Lipinski definition) is 5. The molecule has 0 radical (unpaired) electrons. The summed E-state index contributed by atoms with van der Waals surface area (Å²) in [6.45, 7) is 4.30. The van der Waals surface area contributed by atoms with Crippen molar-refractivity contribution < 1.29 is 29.6 Å². The van der Waals surface area contributed by atoms with Crippen molar-refractivity contribution in [1.29, 1.82) is 0 Å². The number of hydrogen-bond donors (Lipinski definition) is 3. The summed E-state index contributed by atoms with van der Waals surface area (Å²) in [7, 11) is 1.51. The Morgan fingerprint density at radius 1 is 1.28 bits per heavy atom. The number of carbonyl (C=O) groups is 2. The Labute approximate surface area is 175 Å². The van der Waals surface area contributed by atoms with Gasteiger partial charge in [-0.3, -0.25) is 9.59 Å². The Morgan fingerprint density at radius 3 is 2.62 bits per heavy atom. The average molecular weight is 413 g/mol. The fourth-order valence-electron chi connectivity index (χ4n) is 4.24. The van der Waals surface area contributed by atoms with Crippen molar-refractivity contribution in [3.8, 4) is 0 Å². The number of methoxy groups -OCH3 is 1. The molecule has 168 valence electrons. The predicted molar refractivity (Wildman–Crippen MR) is 113 cm³/mol. The van der Waals surface area contributed by atoms with Crippen LogP contribution in [0.4, 0.5) is 0 Å². The molecule has 0 amide bonds. The van der Waals surface area contributed by atoms with Gasteiger partial charge in [0.2, 0.25) is 0 Å². The molecular formula is C23H40O6. The van der Waals surface area contributed by atoms with Crippen LogP contribution in [0.15, 0.2) is 12.2 Å². The Morgan fingerprint density at radius 2 is 2.00 bits per heavy atom. The van der Waals surface area contributed by atoms with E-state index in [0.29, 0.717) is 25.2 Å². The number of rotatable bonds is 15.